The third-order valence-electron chi connectivity index (χ3n) is 0.915. The highest BCUT2D eigenvalue weighted by atomic mass is 16.1. The van der Waals surface area contributed by atoms with Crippen molar-refractivity contribution in [2.75, 3.05) is 0 Å². The fourth-order valence-electron chi connectivity index (χ4n) is 0.363. The Labute approximate surface area is 61.6 Å². The van der Waals surface area contributed by atoms with Crippen LogP contribution in [-0.2, 0) is 4.79 Å². The summed E-state index contributed by atoms with van der Waals surface area (Å²) in [5.41, 5.74) is 3.92. The molecular formula is C8H13NO. The van der Waals surface area contributed by atoms with Gasteiger partial charge in [-0.3, -0.25) is 4.79 Å². The van der Waals surface area contributed by atoms with Gasteiger partial charge in [0.05, 0.1) is 0 Å². The van der Waals surface area contributed by atoms with Crippen LogP contribution in [-0.4, -0.2) is 5.91 Å². The van der Waals surface area contributed by atoms with Crippen LogP contribution in [0.3, 0.4) is 0 Å². The topological polar surface area (TPSA) is 29.1 Å². The molecule has 0 aromatic rings. The number of carbonyl (C=O) groups excluding carboxylic acids is 1. The Kier molecular flexibility index (Phi) is 4.34. The van der Waals surface area contributed by atoms with Crippen LogP contribution in [0.25, 0.3) is 0 Å². The second-order valence-electron chi connectivity index (χ2n) is 2.21. The molecule has 0 fully saturated rings. The summed E-state index contributed by atoms with van der Waals surface area (Å²) in [6.45, 7) is 5.66. The second-order valence-corrected chi connectivity index (χ2v) is 2.21. The third kappa shape index (κ3) is 5.13. The van der Waals surface area contributed by atoms with E-state index in [1.807, 2.05) is 20.8 Å². The van der Waals surface area contributed by atoms with E-state index >= 15 is 0 Å². The Morgan fingerprint density at radius 2 is 2.20 bits per heavy atom. The van der Waals surface area contributed by atoms with Crippen molar-refractivity contribution in [3.05, 3.63) is 17.5 Å². The normalized spacial score (nSPS) is 7.90. The van der Waals surface area contributed by atoms with Gasteiger partial charge in [0.2, 0.25) is 5.91 Å². The lowest BCUT2D eigenvalue weighted by atomic mass is 10.4. The third-order valence-corrected chi connectivity index (χ3v) is 0.915. The first kappa shape index (κ1) is 8.99. The maximum absolute atomic E-state index is 10.6. The van der Waals surface area contributed by atoms with Crippen molar-refractivity contribution in [2.24, 2.45) is 0 Å². The molecule has 0 unspecified atom stereocenters. The van der Waals surface area contributed by atoms with Crippen molar-refractivity contribution in [3.8, 4) is 0 Å². The van der Waals surface area contributed by atoms with Crippen LogP contribution in [0.15, 0.2) is 17.5 Å². The summed E-state index contributed by atoms with van der Waals surface area (Å²) in [6, 6.07) is 0. The lowest BCUT2D eigenvalue weighted by Crippen LogP contribution is -2.14. The molecule has 0 bridgehead atoms. The van der Waals surface area contributed by atoms with E-state index in [1.54, 1.807) is 6.20 Å². The molecule has 1 N–H and O–H groups in total. The molecule has 10 heavy (non-hydrogen) atoms. The number of amides is 1. The molecule has 0 heterocycles. The summed E-state index contributed by atoms with van der Waals surface area (Å²) in [4.78, 5) is 10.6. The van der Waals surface area contributed by atoms with Gasteiger partial charge in [-0.1, -0.05) is 6.92 Å². The molecule has 0 aromatic heterocycles. The molecule has 0 aromatic carbocycles. The lowest BCUT2D eigenvalue weighted by Gasteiger charge is -1.90. The van der Waals surface area contributed by atoms with Crippen molar-refractivity contribution in [1.29, 1.82) is 0 Å². The molecular weight excluding hydrogens is 126 g/mol. The molecule has 0 saturated heterocycles. The van der Waals surface area contributed by atoms with Crippen LogP contribution in [0.4, 0.5) is 0 Å². The zero-order chi connectivity index (χ0) is 7.98. The van der Waals surface area contributed by atoms with Gasteiger partial charge in [0.1, 0.15) is 0 Å². The number of allylic oxidation sites excluding steroid dienone is 1. The van der Waals surface area contributed by atoms with Gasteiger partial charge in [-0.05, 0) is 19.4 Å². The number of carbonyl (C=O) groups is 1. The Morgan fingerprint density at radius 3 is 2.60 bits per heavy atom. The van der Waals surface area contributed by atoms with Crippen molar-refractivity contribution in [3.63, 3.8) is 0 Å². The van der Waals surface area contributed by atoms with Crippen LogP contribution < -0.4 is 5.32 Å². The first-order valence-electron chi connectivity index (χ1n) is 3.34. The monoisotopic (exact) mass is 139 g/mol. The summed E-state index contributed by atoms with van der Waals surface area (Å²) >= 11 is 0. The van der Waals surface area contributed by atoms with E-state index in [0.29, 0.717) is 6.42 Å². The van der Waals surface area contributed by atoms with Crippen LogP contribution in [0.5, 0.6) is 0 Å². The maximum Gasteiger partial charge on any atom is 0.224 e. The quantitative estimate of drug-likeness (QED) is 0.578. The molecule has 0 atom stereocenters. The standard InChI is InChI=1S/C8H13NO/c1-4-8(10)9-6-5-7(2)3/h6H,4H2,1-3H3,(H,9,10). The minimum atomic E-state index is 0.0220. The molecule has 1 amide bonds. The van der Waals surface area contributed by atoms with Gasteiger partial charge < -0.3 is 5.32 Å². The van der Waals surface area contributed by atoms with Crippen molar-refractivity contribution in [1.82, 2.24) is 5.32 Å². The van der Waals surface area contributed by atoms with E-state index in [-0.39, 0.29) is 5.91 Å². The molecule has 2 nitrogen and oxygen atoms in total. The molecule has 2 heteroatoms. The molecule has 0 rings (SSSR count). The fraction of sp³-hybridized carbons (Fsp3) is 0.500. The Hall–Kier alpha value is -1.01. The van der Waals surface area contributed by atoms with E-state index in [9.17, 15) is 4.79 Å². The highest BCUT2D eigenvalue weighted by molar-refractivity contribution is 5.76. The Balaban J connectivity index is 3.75. The average Bonchev–Trinajstić information content (AvgIpc) is 1.87. The first-order valence-corrected chi connectivity index (χ1v) is 3.34. The first-order chi connectivity index (χ1) is 4.66. The van der Waals surface area contributed by atoms with Gasteiger partial charge in [-0.15, -0.1) is 5.73 Å². The zero-order valence-electron chi connectivity index (χ0n) is 6.69. The largest absolute Gasteiger partial charge is 0.326 e. The van der Waals surface area contributed by atoms with Crippen LogP contribution in [0.1, 0.15) is 27.2 Å². The minimum absolute atomic E-state index is 0.0220. The fourth-order valence-corrected chi connectivity index (χ4v) is 0.363. The van der Waals surface area contributed by atoms with Gasteiger partial charge >= 0.3 is 0 Å². The second kappa shape index (κ2) is 4.83. The molecule has 56 valence electrons. The average molecular weight is 139 g/mol. The zero-order valence-corrected chi connectivity index (χ0v) is 6.69. The predicted molar refractivity (Wildman–Crippen MR) is 41.4 cm³/mol. The van der Waals surface area contributed by atoms with Crippen LogP contribution >= 0.6 is 0 Å². The summed E-state index contributed by atoms with van der Waals surface area (Å²) in [6.07, 6.45) is 2.06. The highest BCUT2D eigenvalue weighted by Gasteiger charge is 1.87. The summed E-state index contributed by atoms with van der Waals surface area (Å²) in [7, 11) is 0. The van der Waals surface area contributed by atoms with Gasteiger partial charge in [-0.25, -0.2) is 0 Å². The molecule has 0 aliphatic carbocycles. The van der Waals surface area contributed by atoms with Crippen LogP contribution in [0, 0.1) is 0 Å². The van der Waals surface area contributed by atoms with Crippen molar-refractivity contribution >= 4 is 5.91 Å². The Bertz CT molecular complexity index is 172. The number of hydrogen-bond donors (Lipinski definition) is 1. The van der Waals surface area contributed by atoms with Gasteiger partial charge in [0, 0.05) is 12.6 Å². The van der Waals surface area contributed by atoms with E-state index in [4.69, 9.17) is 0 Å². The predicted octanol–water partition coefficient (Wildman–Crippen LogP) is 1.59. The van der Waals surface area contributed by atoms with Crippen molar-refractivity contribution in [2.45, 2.75) is 27.2 Å². The highest BCUT2D eigenvalue weighted by Crippen LogP contribution is 1.81. The SMILES string of the molecule is CCC(=O)NC=C=C(C)C. The number of hydrogen-bond acceptors (Lipinski definition) is 1. The summed E-state index contributed by atoms with van der Waals surface area (Å²) in [5, 5.41) is 2.57. The minimum Gasteiger partial charge on any atom is -0.326 e. The lowest BCUT2D eigenvalue weighted by molar-refractivity contribution is -0.119. The number of rotatable bonds is 2. The van der Waals surface area contributed by atoms with Gasteiger partial charge in [0.25, 0.3) is 0 Å². The molecule has 0 spiro atoms. The number of nitrogens with one attached hydrogen (secondary N) is 1. The van der Waals surface area contributed by atoms with Crippen molar-refractivity contribution < 1.29 is 4.79 Å². The molecule has 0 aliphatic rings. The summed E-state index contributed by atoms with van der Waals surface area (Å²) in [5.74, 6) is 0.0220. The summed E-state index contributed by atoms with van der Waals surface area (Å²) < 4.78 is 0. The Morgan fingerprint density at radius 1 is 1.60 bits per heavy atom. The van der Waals surface area contributed by atoms with Gasteiger partial charge in [0.15, 0.2) is 0 Å². The smallest absolute Gasteiger partial charge is 0.224 e. The van der Waals surface area contributed by atoms with Crippen LogP contribution in [0.2, 0.25) is 0 Å². The molecule has 0 saturated carbocycles. The van der Waals surface area contributed by atoms with E-state index < -0.39 is 0 Å². The van der Waals surface area contributed by atoms with Gasteiger partial charge in [-0.2, -0.15) is 0 Å². The van der Waals surface area contributed by atoms with E-state index in [2.05, 4.69) is 11.0 Å². The molecule has 0 radical (unpaired) electrons. The van der Waals surface area contributed by atoms with E-state index in [0.717, 1.165) is 5.57 Å². The maximum atomic E-state index is 10.6. The van der Waals surface area contributed by atoms with E-state index in [1.165, 1.54) is 0 Å². The molecule has 0 aliphatic heterocycles.